The Morgan fingerprint density at radius 1 is 1.50 bits per heavy atom. The number of aromatic hydroxyl groups is 1. The molecule has 0 aliphatic heterocycles. The number of nitrogens with zero attached hydrogens (tertiary/aromatic N) is 1. The molecule has 1 unspecified atom stereocenters. The van der Waals surface area contributed by atoms with Gasteiger partial charge in [-0.3, -0.25) is 0 Å². The average molecular weight is 193 g/mol. The van der Waals surface area contributed by atoms with E-state index in [0.29, 0.717) is 0 Å². The molecule has 1 aromatic carbocycles. The van der Waals surface area contributed by atoms with Gasteiger partial charge in [-0.05, 0) is 17.7 Å². The summed E-state index contributed by atoms with van der Waals surface area (Å²) in [7, 11) is 1.54. The van der Waals surface area contributed by atoms with Crippen LogP contribution in [0.2, 0.25) is 0 Å². The molecule has 0 heterocycles. The van der Waals surface area contributed by atoms with Crippen molar-refractivity contribution in [3.05, 3.63) is 29.8 Å². The normalized spacial score (nSPS) is 11.8. The number of hydrogen-bond acceptors (Lipinski definition) is 4. The Kier molecular flexibility index (Phi) is 3.85. The van der Waals surface area contributed by atoms with E-state index in [2.05, 4.69) is 4.99 Å². The Hall–Kier alpha value is -1.64. The van der Waals surface area contributed by atoms with Crippen LogP contribution >= 0.6 is 0 Å². The zero-order valence-electron chi connectivity index (χ0n) is 7.80. The van der Waals surface area contributed by atoms with Gasteiger partial charge in [-0.25, -0.2) is 9.79 Å². The average Bonchev–Trinajstić information content (AvgIpc) is 2.21. The summed E-state index contributed by atoms with van der Waals surface area (Å²) >= 11 is 0. The zero-order chi connectivity index (χ0) is 10.4. The molecule has 4 nitrogen and oxygen atoms in total. The number of hydrogen-bond donors (Lipinski definition) is 1. The molecule has 1 aromatic rings. The molecule has 0 saturated heterocycles. The number of aliphatic imine (C=N–C) groups is 1. The smallest absolute Gasteiger partial charge is 0.235 e. The molecule has 1 atom stereocenters. The summed E-state index contributed by atoms with van der Waals surface area (Å²) in [5.74, 6) is 0.197. The Bertz CT molecular complexity index is 328. The molecule has 4 heteroatoms. The lowest BCUT2D eigenvalue weighted by Crippen LogP contribution is -2.04. The second-order valence-corrected chi connectivity index (χ2v) is 2.75. The second-order valence-electron chi connectivity index (χ2n) is 2.75. The molecule has 0 saturated carbocycles. The Morgan fingerprint density at radius 3 is 2.64 bits per heavy atom. The van der Waals surface area contributed by atoms with Crippen molar-refractivity contribution in [3.8, 4) is 5.75 Å². The Labute approximate surface area is 81.9 Å². The van der Waals surface area contributed by atoms with Gasteiger partial charge in [-0.15, -0.1) is 0 Å². The molecule has 14 heavy (non-hydrogen) atoms. The summed E-state index contributed by atoms with van der Waals surface area (Å²) in [5, 5.41) is 9.06. The van der Waals surface area contributed by atoms with Crippen molar-refractivity contribution in [1.82, 2.24) is 0 Å². The SMILES string of the molecule is COC(CN=C=O)c1ccc(O)cc1. The van der Waals surface area contributed by atoms with Crippen molar-refractivity contribution in [2.75, 3.05) is 13.7 Å². The summed E-state index contributed by atoms with van der Waals surface area (Å²) in [6, 6.07) is 6.58. The van der Waals surface area contributed by atoms with E-state index in [1.807, 2.05) is 0 Å². The van der Waals surface area contributed by atoms with Crippen molar-refractivity contribution in [1.29, 1.82) is 0 Å². The van der Waals surface area contributed by atoms with Gasteiger partial charge in [0.05, 0.1) is 6.54 Å². The van der Waals surface area contributed by atoms with Gasteiger partial charge in [0, 0.05) is 7.11 Å². The highest BCUT2D eigenvalue weighted by Crippen LogP contribution is 2.19. The molecule has 0 aliphatic rings. The number of benzene rings is 1. The van der Waals surface area contributed by atoms with Gasteiger partial charge in [0.25, 0.3) is 0 Å². The molecule has 0 fully saturated rings. The first kappa shape index (κ1) is 10.4. The van der Waals surface area contributed by atoms with Crippen molar-refractivity contribution >= 4 is 6.08 Å². The van der Waals surface area contributed by atoms with Gasteiger partial charge in [-0.1, -0.05) is 12.1 Å². The molecule has 74 valence electrons. The van der Waals surface area contributed by atoms with Crippen molar-refractivity contribution < 1.29 is 14.6 Å². The second kappa shape index (κ2) is 5.17. The number of methoxy groups -OCH3 is 1. The summed E-state index contributed by atoms with van der Waals surface area (Å²) in [6.07, 6.45) is 1.19. The first-order chi connectivity index (χ1) is 6.77. The lowest BCUT2D eigenvalue weighted by Gasteiger charge is -2.12. The largest absolute Gasteiger partial charge is 0.508 e. The van der Waals surface area contributed by atoms with Crippen LogP contribution in [0.4, 0.5) is 0 Å². The maximum atomic E-state index is 9.92. The van der Waals surface area contributed by atoms with Gasteiger partial charge < -0.3 is 9.84 Å². The first-order valence-electron chi connectivity index (χ1n) is 4.13. The van der Waals surface area contributed by atoms with Crippen molar-refractivity contribution in [2.24, 2.45) is 4.99 Å². The number of ether oxygens (including phenoxy) is 1. The fraction of sp³-hybridized carbons (Fsp3) is 0.300. The minimum atomic E-state index is -0.267. The third-order valence-corrected chi connectivity index (χ3v) is 1.87. The van der Waals surface area contributed by atoms with E-state index in [9.17, 15) is 4.79 Å². The van der Waals surface area contributed by atoms with Crippen LogP contribution in [-0.2, 0) is 9.53 Å². The monoisotopic (exact) mass is 193 g/mol. The third-order valence-electron chi connectivity index (χ3n) is 1.87. The molecule has 1 rings (SSSR count). The van der Waals surface area contributed by atoms with E-state index in [4.69, 9.17) is 9.84 Å². The molecule has 0 radical (unpaired) electrons. The standard InChI is InChI=1S/C10H11NO3/c1-14-10(6-11-7-12)8-2-4-9(13)5-3-8/h2-5,10,13H,6H2,1H3. The van der Waals surface area contributed by atoms with Gasteiger partial charge in [0.1, 0.15) is 11.9 Å². The van der Waals surface area contributed by atoms with Gasteiger partial charge >= 0.3 is 0 Å². The highest BCUT2D eigenvalue weighted by Gasteiger charge is 2.08. The van der Waals surface area contributed by atoms with Crippen LogP contribution in [0.5, 0.6) is 5.75 Å². The van der Waals surface area contributed by atoms with Crippen LogP contribution < -0.4 is 0 Å². The highest BCUT2D eigenvalue weighted by molar-refractivity contribution is 5.33. The van der Waals surface area contributed by atoms with Crippen LogP contribution in [-0.4, -0.2) is 24.8 Å². The molecule has 0 aromatic heterocycles. The van der Waals surface area contributed by atoms with Crippen LogP contribution in [0.1, 0.15) is 11.7 Å². The van der Waals surface area contributed by atoms with Crippen molar-refractivity contribution in [2.45, 2.75) is 6.10 Å². The zero-order valence-corrected chi connectivity index (χ0v) is 7.80. The van der Waals surface area contributed by atoms with E-state index in [1.54, 1.807) is 24.3 Å². The minimum Gasteiger partial charge on any atom is -0.508 e. The summed E-state index contributed by atoms with van der Waals surface area (Å²) in [6.45, 7) is 0.241. The summed E-state index contributed by atoms with van der Waals surface area (Å²) < 4.78 is 5.12. The maximum Gasteiger partial charge on any atom is 0.235 e. The fourth-order valence-corrected chi connectivity index (χ4v) is 1.13. The first-order valence-corrected chi connectivity index (χ1v) is 4.13. The number of phenols is 1. The molecule has 0 aliphatic carbocycles. The lowest BCUT2D eigenvalue weighted by molar-refractivity contribution is 0.111. The van der Waals surface area contributed by atoms with Crippen LogP contribution in [0.15, 0.2) is 29.3 Å². The Morgan fingerprint density at radius 2 is 2.14 bits per heavy atom. The van der Waals surface area contributed by atoms with E-state index in [0.717, 1.165) is 5.56 Å². The lowest BCUT2D eigenvalue weighted by atomic mass is 10.1. The van der Waals surface area contributed by atoms with Crippen LogP contribution in [0, 0.1) is 0 Å². The molecular weight excluding hydrogens is 182 g/mol. The quantitative estimate of drug-likeness (QED) is 0.581. The van der Waals surface area contributed by atoms with E-state index >= 15 is 0 Å². The highest BCUT2D eigenvalue weighted by atomic mass is 16.5. The van der Waals surface area contributed by atoms with Crippen LogP contribution in [0.3, 0.4) is 0 Å². The molecular formula is C10H11NO3. The fourth-order valence-electron chi connectivity index (χ4n) is 1.13. The molecule has 0 spiro atoms. The minimum absolute atomic E-state index is 0.197. The van der Waals surface area contributed by atoms with E-state index < -0.39 is 0 Å². The topological polar surface area (TPSA) is 58.9 Å². The predicted molar refractivity (Wildman–Crippen MR) is 50.8 cm³/mol. The Balaban J connectivity index is 2.78. The predicted octanol–water partition coefficient (Wildman–Crippen LogP) is 1.42. The van der Waals surface area contributed by atoms with Gasteiger partial charge in [0.2, 0.25) is 6.08 Å². The van der Waals surface area contributed by atoms with Gasteiger partial charge in [-0.2, -0.15) is 0 Å². The van der Waals surface area contributed by atoms with Crippen molar-refractivity contribution in [3.63, 3.8) is 0 Å². The number of isocyanates is 1. The molecule has 0 bridgehead atoms. The molecule has 1 N–H and O–H groups in total. The summed E-state index contributed by atoms with van der Waals surface area (Å²) in [5.41, 5.74) is 0.865. The molecule has 0 amide bonds. The number of phenolic OH excluding ortho intramolecular Hbond substituents is 1. The number of rotatable bonds is 4. The summed E-state index contributed by atoms with van der Waals surface area (Å²) in [4.78, 5) is 13.4. The van der Waals surface area contributed by atoms with Gasteiger partial charge in [0.15, 0.2) is 0 Å². The van der Waals surface area contributed by atoms with Crippen LogP contribution in [0.25, 0.3) is 0 Å². The third kappa shape index (κ3) is 2.69. The number of carbonyl (C=O) groups excluding carboxylic acids is 1. The van der Waals surface area contributed by atoms with E-state index in [1.165, 1.54) is 13.2 Å². The maximum absolute atomic E-state index is 9.92. The van der Waals surface area contributed by atoms with E-state index in [-0.39, 0.29) is 18.4 Å².